The number of hydrogen-bond donors (Lipinski definition) is 1. The zero-order chi connectivity index (χ0) is 6.57. The molecule has 0 fully saturated rings. The largest absolute Gasteiger partial charge is 0.287 e. The van der Waals surface area contributed by atoms with Gasteiger partial charge in [-0.15, -0.1) is 35.8 Å². The van der Waals surface area contributed by atoms with Gasteiger partial charge in [0.1, 0.15) is 0 Å². The molecule has 0 amide bonds. The number of thiol groups is 1. The van der Waals surface area contributed by atoms with Crippen molar-refractivity contribution in [1.29, 1.82) is 0 Å². The van der Waals surface area contributed by atoms with E-state index in [1.807, 2.05) is 0 Å². The van der Waals surface area contributed by atoms with Gasteiger partial charge in [0.05, 0.1) is 5.92 Å². The normalized spacial score (nSPS) is 10.0. The Bertz CT molecular complexity index is 82.1. The Morgan fingerprint density at radius 1 is 1.50 bits per heavy atom. The van der Waals surface area contributed by atoms with Gasteiger partial charge in [0.15, 0.2) is 5.12 Å². The van der Waals surface area contributed by atoms with Crippen LogP contribution in [0.1, 0.15) is 0 Å². The molecule has 0 rings (SSSR count). The highest BCUT2D eigenvalue weighted by Gasteiger charge is 2.10. The first-order valence-electron chi connectivity index (χ1n) is 2.07. The molecule has 4 heteroatoms. The molecule has 0 unspecified atom stereocenters. The van der Waals surface area contributed by atoms with E-state index in [2.05, 4.69) is 12.6 Å². The van der Waals surface area contributed by atoms with Gasteiger partial charge in [0.2, 0.25) is 0 Å². The van der Waals surface area contributed by atoms with Crippen LogP contribution in [0.5, 0.6) is 0 Å². The van der Waals surface area contributed by atoms with E-state index in [0.717, 1.165) is 0 Å². The maximum absolute atomic E-state index is 10.3. The van der Waals surface area contributed by atoms with E-state index in [9.17, 15) is 4.79 Å². The lowest BCUT2D eigenvalue weighted by molar-refractivity contribution is -0.113. The summed E-state index contributed by atoms with van der Waals surface area (Å²) in [5.74, 6) is 0.221. The molecule has 1 nitrogen and oxygen atoms in total. The molecule has 0 bridgehead atoms. The van der Waals surface area contributed by atoms with E-state index >= 15 is 0 Å². The Balaban J connectivity index is 3.52. The Labute approximate surface area is 63.8 Å². The molecule has 0 saturated heterocycles. The number of rotatable bonds is 3. The molecule has 0 radical (unpaired) electrons. The van der Waals surface area contributed by atoms with E-state index < -0.39 is 0 Å². The van der Waals surface area contributed by atoms with Crippen molar-refractivity contribution in [2.24, 2.45) is 5.92 Å². The molecule has 0 saturated carbocycles. The van der Waals surface area contributed by atoms with Crippen LogP contribution in [0, 0.1) is 5.92 Å². The second-order valence-electron chi connectivity index (χ2n) is 1.34. The van der Waals surface area contributed by atoms with Crippen molar-refractivity contribution in [1.82, 2.24) is 0 Å². The summed E-state index contributed by atoms with van der Waals surface area (Å²) in [6, 6.07) is 0. The van der Waals surface area contributed by atoms with E-state index in [4.69, 9.17) is 23.2 Å². The van der Waals surface area contributed by atoms with Crippen molar-refractivity contribution in [2.75, 3.05) is 11.8 Å². The molecule has 48 valence electrons. The van der Waals surface area contributed by atoms with Gasteiger partial charge in [-0.2, -0.15) is 0 Å². The van der Waals surface area contributed by atoms with Crippen LogP contribution in [-0.2, 0) is 4.79 Å². The Kier molecular flexibility index (Phi) is 4.81. The number of halogens is 2. The second kappa shape index (κ2) is 4.48. The predicted octanol–water partition coefficient (Wildman–Crippen LogP) is 1.54. The van der Waals surface area contributed by atoms with Gasteiger partial charge >= 0.3 is 0 Å². The standard InChI is InChI=1S/C4H6Cl2OS/c5-1-3(2-6)4(7)8/h3H,1-2H2,(H,7,8). The fraction of sp³-hybridized carbons (Fsp3) is 0.750. The van der Waals surface area contributed by atoms with Gasteiger partial charge in [-0.05, 0) is 0 Å². The van der Waals surface area contributed by atoms with Crippen LogP contribution in [0.4, 0.5) is 0 Å². The van der Waals surface area contributed by atoms with Gasteiger partial charge in [-0.25, -0.2) is 0 Å². The minimum absolute atomic E-state index is 0.241. The topological polar surface area (TPSA) is 17.1 Å². The third-order valence-corrected chi connectivity index (χ3v) is 1.83. The molecule has 0 heterocycles. The summed E-state index contributed by atoms with van der Waals surface area (Å²) >= 11 is 14.2. The third-order valence-electron chi connectivity index (χ3n) is 0.722. The van der Waals surface area contributed by atoms with Crippen LogP contribution in [0.3, 0.4) is 0 Å². The molecule has 0 atom stereocenters. The Morgan fingerprint density at radius 2 is 1.88 bits per heavy atom. The molecule has 0 aliphatic carbocycles. The summed E-state index contributed by atoms with van der Waals surface area (Å²) in [4.78, 5) is 10.3. The van der Waals surface area contributed by atoms with Gasteiger partial charge in [-0.1, -0.05) is 0 Å². The average molecular weight is 173 g/mol. The first-order valence-corrected chi connectivity index (χ1v) is 3.58. The zero-order valence-corrected chi connectivity index (χ0v) is 6.51. The minimum atomic E-state index is -0.290. The van der Waals surface area contributed by atoms with E-state index in [1.165, 1.54) is 0 Å². The summed E-state index contributed by atoms with van der Waals surface area (Å²) < 4.78 is 0. The fourth-order valence-corrected chi connectivity index (χ4v) is 1.18. The summed E-state index contributed by atoms with van der Waals surface area (Å²) in [6.45, 7) is 0. The van der Waals surface area contributed by atoms with E-state index in [-0.39, 0.29) is 22.8 Å². The maximum Gasteiger partial charge on any atom is 0.191 e. The summed E-state index contributed by atoms with van der Waals surface area (Å²) in [5.41, 5.74) is 0. The molecule has 0 aliphatic heterocycles. The summed E-state index contributed by atoms with van der Waals surface area (Å²) in [7, 11) is 0. The van der Waals surface area contributed by atoms with E-state index in [1.54, 1.807) is 0 Å². The van der Waals surface area contributed by atoms with Crippen molar-refractivity contribution in [2.45, 2.75) is 0 Å². The molecular weight excluding hydrogens is 167 g/mol. The lowest BCUT2D eigenvalue weighted by atomic mass is 10.2. The van der Waals surface area contributed by atoms with Crippen LogP contribution in [0.15, 0.2) is 0 Å². The maximum atomic E-state index is 10.3. The summed E-state index contributed by atoms with van der Waals surface area (Å²) in [6.07, 6.45) is 0. The first kappa shape index (κ1) is 8.60. The van der Waals surface area contributed by atoms with Gasteiger partial charge in [-0.3, -0.25) is 4.79 Å². The highest BCUT2D eigenvalue weighted by atomic mass is 35.5. The monoisotopic (exact) mass is 172 g/mol. The van der Waals surface area contributed by atoms with Crippen molar-refractivity contribution in [3.05, 3.63) is 0 Å². The smallest absolute Gasteiger partial charge is 0.191 e. The van der Waals surface area contributed by atoms with Crippen molar-refractivity contribution in [3.8, 4) is 0 Å². The fourth-order valence-electron chi connectivity index (χ4n) is 0.173. The molecule has 0 aliphatic rings. The van der Waals surface area contributed by atoms with Crippen LogP contribution >= 0.6 is 35.8 Å². The van der Waals surface area contributed by atoms with Crippen LogP contribution in [0.25, 0.3) is 0 Å². The number of carbonyl (C=O) groups excluding carboxylic acids is 1. The highest BCUT2D eigenvalue weighted by Crippen LogP contribution is 2.05. The molecule has 0 N–H and O–H groups in total. The number of carbonyl (C=O) groups is 1. The third kappa shape index (κ3) is 2.80. The van der Waals surface area contributed by atoms with Gasteiger partial charge < -0.3 is 0 Å². The zero-order valence-electron chi connectivity index (χ0n) is 4.10. The molecule has 0 aromatic heterocycles. The molecule has 0 aromatic rings. The predicted molar refractivity (Wildman–Crippen MR) is 38.9 cm³/mol. The van der Waals surface area contributed by atoms with Crippen molar-refractivity contribution in [3.63, 3.8) is 0 Å². The average Bonchev–Trinajstić information content (AvgIpc) is 1.69. The van der Waals surface area contributed by atoms with Crippen molar-refractivity contribution >= 4 is 40.9 Å². The molecular formula is C4H6Cl2OS. The van der Waals surface area contributed by atoms with Crippen LogP contribution in [0.2, 0.25) is 0 Å². The molecule has 0 aromatic carbocycles. The Morgan fingerprint density at radius 3 is 1.88 bits per heavy atom. The summed E-state index contributed by atoms with van der Waals surface area (Å²) in [5, 5.41) is -0.241. The van der Waals surface area contributed by atoms with Gasteiger partial charge in [0, 0.05) is 11.8 Å². The lowest BCUT2D eigenvalue weighted by Gasteiger charge is -2.00. The van der Waals surface area contributed by atoms with Crippen LogP contribution < -0.4 is 0 Å². The highest BCUT2D eigenvalue weighted by molar-refractivity contribution is 7.96. The quantitative estimate of drug-likeness (QED) is 0.506. The Hall–Kier alpha value is 0.600. The van der Waals surface area contributed by atoms with E-state index in [0.29, 0.717) is 0 Å². The lowest BCUT2D eigenvalue weighted by Crippen LogP contribution is -2.11. The number of alkyl halides is 2. The molecule has 8 heavy (non-hydrogen) atoms. The SMILES string of the molecule is O=C(S)C(CCl)CCl. The van der Waals surface area contributed by atoms with Crippen LogP contribution in [-0.4, -0.2) is 16.9 Å². The minimum Gasteiger partial charge on any atom is -0.287 e. The van der Waals surface area contributed by atoms with Crippen molar-refractivity contribution < 1.29 is 4.79 Å². The number of hydrogen-bond acceptors (Lipinski definition) is 1. The first-order chi connectivity index (χ1) is 3.72. The van der Waals surface area contributed by atoms with Gasteiger partial charge in [0.25, 0.3) is 0 Å². The molecule has 0 spiro atoms. The second-order valence-corrected chi connectivity index (χ2v) is 2.40.